The normalized spacial score (nSPS) is 22.5. The number of benzene rings is 1. The molecule has 1 atom stereocenters. The number of para-hydroxylation sites is 1. The molecule has 1 aliphatic heterocycles. The van der Waals surface area contributed by atoms with Crippen LogP contribution in [0.3, 0.4) is 0 Å². The summed E-state index contributed by atoms with van der Waals surface area (Å²) in [4.78, 5) is 23.4. The van der Waals surface area contributed by atoms with Crippen molar-refractivity contribution in [1.29, 1.82) is 0 Å². The SMILES string of the molecule is Cc1cccc([N+](=O)[O-])c1N1CCC(N)(C(=O)O)C1. The monoisotopic (exact) mass is 265 g/mol. The first-order valence-corrected chi connectivity index (χ1v) is 5.86. The third kappa shape index (κ3) is 2.24. The van der Waals surface area contributed by atoms with Gasteiger partial charge in [-0.1, -0.05) is 12.1 Å². The zero-order chi connectivity index (χ0) is 14.2. The molecule has 2 rings (SSSR count). The summed E-state index contributed by atoms with van der Waals surface area (Å²) in [5, 5.41) is 20.2. The number of nitrogens with zero attached hydrogens (tertiary/aromatic N) is 2. The first-order chi connectivity index (χ1) is 8.85. The van der Waals surface area contributed by atoms with E-state index in [1.807, 2.05) is 0 Å². The molecule has 0 spiro atoms. The van der Waals surface area contributed by atoms with Gasteiger partial charge in [-0.2, -0.15) is 0 Å². The molecule has 7 nitrogen and oxygen atoms in total. The molecule has 0 aliphatic carbocycles. The topological polar surface area (TPSA) is 110 Å². The lowest BCUT2D eigenvalue weighted by Crippen LogP contribution is -2.50. The van der Waals surface area contributed by atoms with Crippen LogP contribution < -0.4 is 10.6 Å². The molecule has 1 saturated heterocycles. The minimum atomic E-state index is -1.34. The second-order valence-electron chi connectivity index (χ2n) is 4.83. The number of carboxylic acids is 1. The molecule has 1 aromatic rings. The van der Waals surface area contributed by atoms with Crippen LogP contribution in [-0.2, 0) is 4.79 Å². The Bertz CT molecular complexity index is 546. The number of aliphatic carboxylic acids is 1. The van der Waals surface area contributed by atoms with E-state index in [0.29, 0.717) is 12.2 Å². The number of carboxylic acid groups (broad SMARTS) is 1. The minimum absolute atomic E-state index is 0.0189. The van der Waals surface area contributed by atoms with Gasteiger partial charge >= 0.3 is 5.97 Å². The fourth-order valence-electron chi connectivity index (χ4n) is 2.40. The van der Waals surface area contributed by atoms with Crippen LogP contribution in [0.5, 0.6) is 0 Å². The van der Waals surface area contributed by atoms with E-state index in [4.69, 9.17) is 10.8 Å². The second-order valence-corrected chi connectivity index (χ2v) is 4.83. The van der Waals surface area contributed by atoms with Gasteiger partial charge in [0.15, 0.2) is 0 Å². The molecule has 1 aliphatic rings. The van der Waals surface area contributed by atoms with Crippen molar-refractivity contribution >= 4 is 17.3 Å². The van der Waals surface area contributed by atoms with Crippen LogP contribution in [0, 0.1) is 17.0 Å². The highest BCUT2D eigenvalue weighted by Gasteiger charge is 2.43. The van der Waals surface area contributed by atoms with Gasteiger partial charge in [-0.15, -0.1) is 0 Å². The van der Waals surface area contributed by atoms with Crippen LogP contribution in [-0.4, -0.2) is 34.6 Å². The summed E-state index contributed by atoms with van der Waals surface area (Å²) in [5.41, 5.74) is 5.64. The number of rotatable bonds is 3. The molecule has 102 valence electrons. The summed E-state index contributed by atoms with van der Waals surface area (Å²) in [6.07, 6.45) is 0.272. The van der Waals surface area contributed by atoms with Gasteiger partial charge in [-0.25, -0.2) is 0 Å². The lowest BCUT2D eigenvalue weighted by molar-refractivity contribution is -0.384. The first kappa shape index (κ1) is 13.3. The zero-order valence-electron chi connectivity index (χ0n) is 10.5. The quantitative estimate of drug-likeness (QED) is 0.620. The largest absolute Gasteiger partial charge is 0.480 e. The molecule has 1 heterocycles. The van der Waals surface area contributed by atoms with Crippen molar-refractivity contribution in [1.82, 2.24) is 0 Å². The summed E-state index contributed by atoms with van der Waals surface area (Å²) in [5.74, 6) is -1.08. The Morgan fingerprint density at radius 3 is 2.79 bits per heavy atom. The molecule has 3 N–H and O–H groups in total. The summed E-state index contributed by atoms with van der Waals surface area (Å²) in [6.45, 7) is 2.24. The first-order valence-electron chi connectivity index (χ1n) is 5.86. The number of anilines is 1. The maximum atomic E-state index is 11.1. The zero-order valence-corrected chi connectivity index (χ0v) is 10.5. The molecule has 0 aromatic heterocycles. The fraction of sp³-hybridized carbons (Fsp3) is 0.417. The Morgan fingerprint density at radius 2 is 2.26 bits per heavy atom. The molecule has 1 aromatic carbocycles. The molecule has 1 fully saturated rings. The highest BCUT2D eigenvalue weighted by atomic mass is 16.6. The van der Waals surface area contributed by atoms with E-state index < -0.39 is 16.4 Å². The van der Waals surface area contributed by atoms with E-state index in [1.165, 1.54) is 6.07 Å². The van der Waals surface area contributed by atoms with Gasteiger partial charge in [0.1, 0.15) is 11.2 Å². The highest BCUT2D eigenvalue weighted by molar-refractivity contribution is 5.81. The van der Waals surface area contributed by atoms with E-state index in [9.17, 15) is 14.9 Å². The lowest BCUT2D eigenvalue weighted by Gasteiger charge is -2.22. The average Bonchev–Trinajstić information content (AvgIpc) is 2.72. The van der Waals surface area contributed by atoms with E-state index in [1.54, 1.807) is 24.0 Å². The van der Waals surface area contributed by atoms with Gasteiger partial charge in [-0.05, 0) is 18.9 Å². The highest BCUT2D eigenvalue weighted by Crippen LogP contribution is 2.35. The number of nitro benzene ring substituents is 1. The van der Waals surface area contributed by atoms with E-state index in [0.717, 1.165) is 5.56 Å². The van der Waals surface area contributed by atoms with Gasteiger partial charge in [-0.3, -0.25) is 14.9 Å². The predicted octanol–water partition coefficient (Wildman–Crippen LogP) is 0.895. The van der Waals surface area contributed by atoms with Crippen molar-refractivity contribution in [3.63, 3.8) is 0 Å². The average molecular weight is 265 g/mol. The van der Waals surface area contributed by atoms with Crippen molar-refractivity contribution in [2.75, 3.05) is 18.0 Å². The Balaban J connectivity index is 2.39. The summed E-state index contributed by atoms with van der Waals surface area (Å²) < 4.78 is 0. The van der Waals surface area contributed by atoms with E-state index in [2.05, 4.69) is 0 Å². The number of hydrogen-bond donors (Lipinski definition) is 2. The lowest BCUT2D eigenvalue weighted by atomic mass is 10.0. The van der Waals surface area contributed by atoms with E-state index in [-0.39, 0.29) is 18.7 Å². The number of nitro groups is 1. The molecular formula is C12H15N3O4. The Morgan fingerprint density at radius 1 is 1.58 bits per heavy atom. The number of aryl methyl sites for hydroxylation is 1. The molecule has 0 saturated carbocycles. The Kier molecular flexibility index (Phi) is 3.15. The molecule has 19 heavy (non-hydrogen) atoms. The molecule has 0 bridgehead atoms. The minimum Gasteiger partial charge on any atom is -0.480 e. The Hall–Kier alpha value is -2.15. The standard InChI is InChI=1S/C12H15N3O4/c1-8-3-2-4-9(15(18)19)10(8)14-6-5-12(13,7-14)11(16)17/h2-4H,5-7,13H2,1H3,(H,16,17). The fourth-order valence-corrected chi connectivity index (χ4v) is 2.40. The molecule has 1 unspecified atom stereocenters. The molecular weight excluding hydrogens is 250 g/mol. The number of hydrogen-bond acceptors (Lipinski definition) is 5. The second kappa shape index (κ2) is 4.51. The smallest absolute Gasteiger partial charge is 0.325 e. The predicted molar refractivity (Wildman–Crippen MR) is 69.2 cm³/mol. The molecule has 7 heteroatoms. The van der Waals surface area contributed by atoms with Crippen molar-refractivity contribution < 1.29 is 14.8 Å². The third-order valence-electron chi connectivity index (χ3n) is 3.46. The maximum absolute atomic E-state index is 11.1. The Labute approximate surface area is 109 Å². The van der Waals surface area contributed by atoms with E-state index >= 15 is 0 Å². The maximum Gasteiger partial charge on any atom is 0.325 e. The van der Waals surface area contributed by atoms with Crippen LogP contribution in [0.15, 0.2) is 18.2 Å². The third-order valence-corrected chi connectivity index (χ3v) is 3.46. The van der Waals surface area contributed by atoms with Crippen LogP contribution in [0.2, 0.25) is 0 Å². The molecule has 0 radical (unpaired) electrons. The van der Waals surface area contributed by atoms with Crippen molar-refractivity contribution in [3.8, 4) is 0 Å². The van der Waals surface area contributed by atoms with Crippen LogP contribution in [0.4, 0.5) is 11.4 Å². The van der Waals surface area contributed by atoms with Gasteiger partial charge < -0.3 is 15.7 Å². The summed E-state index contributed by atoms with van der Waals surface area (Å²) >= 11 is 0. The van der Waals surface area contributed by atoms with Gasteiger partial charge in [0, 0.05) is 19.2 Å². The van der Waals surface area contributed by atoms with Crippen molar-refractivity contribution in [2.45, 2.75) is 18.9 Å². The molecule has 0 amide bonds. The van der Waals surface area contributed by atoms with Crippen LogP contribution in [0.25, 0.3) is 0 Å². The van der Waals surface area contributed by atoms with Gasteiger partial charge in [0.25, 0.3) is 5.69 Å². The number of carbonyl (C=O) groups is 1. The van der Waals surface area contributed by atoms with Gasteiger partial charge in [0.2, 0.25) is 0 Å². The van der Waals surface area contributed by atoms with Crippen molar-refractivity contribution in [2.24, 2.45) is 5.73 Å². The number of nitrogens with two attached hydrogens (primary N) is 1. The summed E-state index contributed by atoms with van der Waals surface area (Å²) in [6, 6.07) is 4.79. The summed E-state index contributed by atoms with van der Waals surface area (Å²) in [7, 11) is 0. The van der Waals surface area contributed by atoms with Crippen LogP contribution in [0.1, 0.15) is 12.0 Å². The van der Waals surface area contributed by atoms with Crippen LogP contribution >= 0.6 is 0 Å². The van der Waals surface area contributed by atoms with Gasteiger partial charge in [0.05, 0.1) is 4.92 Å². The van der Waals surface area contributed by atoms with Crippen molar-refractivity contribution in [3.05, 3.63) is 33.9 Å².